The van der Waals surface area contributed by atoms with Crippen LogP contribution in [0.5, 0.6) is 0 Å². The van der Waals surface area contributed by atoms with Crippen molar-refractivity contribution >= 4 is 0 Å². The lowest BCUT2D eigenvalue weighted by atomic mass is 10.1. The Morgan fingerprint density at radius 2 is 2.36 bits per heavy atom. The van der Waals surface area contributed by atoms with Crippen LogP contribution in [-0.4, -0.2) is 12.6 Å². The molecule has 1 aliphatic carbocycles. The highest BCUT2D eigenvalue weighted by Gasteiger charge is 2.23. The summed E-state index contributed by atoms with van der Waals surface area (Å²) in [6.45, 7) is 3.27. The predicted octanol–water partition coefficient (Wildman–Crippen LogP) is 1.68. The Morgan fingerprint density at radius 1 is 1.55 bits per heavy atom. The topological polar surface area (TPSA) is 35.8 Å². The van der Waals surface area contributed by atoms with E-state index < -0.39 is 0 Å². The number of nitriles is 1. The quantitative estimate of drug-likeness (QED) is 0.667. The van der Waals surface area contributed by atoms with E-state index in [1.54, 1.807) is 0 Å². The average molecular weight is 152 g/mol. The van der Waals surface area contributed by atoms with Gasteiger partial charge in [-0.05, 0) is 32.2 Å². The first-order chi connectivity index (χ1) is 5.36. The fourth-order valence-electron chi connectivity index (χ4n) is 1.63. The lowest BCUT2D eigenvalue weighted by Crippen LogP contribution is -2.26. The molecule has 0 spiro atoms. The molecule has 11 heavy (non-hydrogen) atoms. The van der Waals surface area contributed by atoms with Crippen molar-refractivity contribution in [1.82, 2.24) is 5.32 Å². The summed E-state index contributed by atoms with van der Waals surface area (Å²) in [7, 11) is 0. The van der Waals surface area contributed by atoms with E-state index in [1.807, 2.05) is 0 Å². The molecule has 1 N–H and O–H groups in total. The van der Waals surface area contributed by atoms with E-state index in [4.69, 9.17) is 5.26 Å². The van der Waals surface area contributed by atoms with Gasteiger partial charge in [0.15, 0.2) is 0 Å². The Bertz CT molecular complexity index is 148. The number of nitrogens with one attached hydrogen (secondary N) is 1. The second kappa shape index (κ2) is 4.35. The van der Waals surface area contributed by atoms with Gasteiger partial charge in [0.25, 0.3) is 0 Å². The smallest absolute Gasteiger partial charge is 0.0656 e. The van der Waals surface area contributed by atoms with Gasteiger partial charge in [-0.1, -0.05) is 6.92 Å². The zero-order valence-electron chi connectivity index (χ0n) is 7.14. The molecule has 2 nitrogen and oxygen atoms in total. The van der Waals surface area contributed by atoms with Gasteiger partial charge in [0.1, 0.15) is 0 Å². The lowest BCUT2D eigenvalue weighted by Gasteiger charge is -2.09. The Kier molecular flexibility index (Phi) is 3.38. The summed E-state index contributed by atoms with van der Waals surface area (Å²) in [6.07, 6.45) is 4.54. The molecule has 0 saturated heterocycles. The SMILES string of the molecule is CCCNC1CCC(C#N)C1. The molecule has 62 valence electrons. The summed E-state index contributed by atoms with van der Waals surface area (Å²) in [4.78, 5) is 0. The molecule has 0 aromatic rings. The maximum absolute atomic E-state index is 8.63. The molecular weight excluding hydrogens is 136 g/mol. The van der Waals surface area contributed by atoms with Gasteiger partial charge < -0.3 is 5.32 Å². The van der Waals surface area contributed by atoms with Crippen LogP contribution in [0.2, 0.25) is 0 Å². The van der Waals surface area contributed by atoms with E-state index in [1.165, 1.54) is 12.8 Å². The first-order valence-electron chi connectivity index (χ1n) is 4.49. The highest BCUT2D eigenvalue weighted by atomic mass is 14.9. The van der Waals surface area contributed by atoms with E-state index in [0.29, 0.717) is 12.0 Å². The maximum Gasteiger partial charge on any atom is 0.0656 e. The van der Waals surface area contributed by atoms with Crippen LogP contribution < -0.4 is 5.32 Å². The monoisotopic (exact) mass is 152 g/mol. The van der Waals surface area contributed by atoms with Crippen LogP contribution in [0.25, 0.3) is 0 Å². The van der Waals surface area contributed by atoms with Crippen molar-refractivity contribution in [1.29, 1.82) is 5.26 Å². The van der Waals surface area contributed by atoms with Crippen LogP contribution in [0.3, 0.4) is 0 Å². The molecule has 0 radical (unpaired) electrons. The molecule has 1 aliphatic rings. The van der Waals surface area contributed by atoms with Crippen molar-refractivity contribution in [2.24, 2.45) is 5.92 Å². The zero-order valence-corrected chi connectivity index (χ0v) is 7.14. The Balaban J connectivity index is 2.15. The predicted molar refractivity (Wildman–Crippen MR) is 45.0 cm³/mol. The molecule has 1 rings (SSSR count). The van der Waals surface area contributed by atoms with Crippen LogP contribution in [0, 0.1) is 17.2 Å². The van der Waals surface area contributed by atoms with Crippen molar-refractivity contribution in [3.63, 3.8) is 0 Å². The molecule has 2 unspecified atom stereocenters. The van der Waals surface area contributed by atoms with Crippen molar-refractivity contribution in [2.45, 2.75) is 38.6 Å². The Hall–Kier alpha value is -0.550. The van der Waals surface area contributed by atoms with Gasteiger partial charge in [0.05, 0.1) is 6.07 Å². The summed E-state index contributed by atoms with van der Waals surface area (Å²) >= 11 is 0. The van der Waals surface area contributed by atoms with Crippen molar-refractivity contribution < 1.29 is 0 Å². The van der Waals surface area contributed by atoms with E-state index >= 15 is 0 Å². The number of hydrogen-bond donors (Lipinski definition) is 1. The second-order valence-electron chi connectivity index (χ2n) is 3.29. The third-order valence-electron chi connectivity index (χ3n) is 2.30. The lowest BCUT2D eigenvalue weighted by molar-refractivity contribution is 0.514. The maximum atomic E-state index is 8.63. The van der Waals surface area contributed by atoms with Crippen LogP contribution in [0.4, 0.5) is 0 Å². The van der Waals surface area contributed by atoms with Crippen LogP contribution in [-0.2, 0) is 0 Å². The molecule has 1 saturated carbocycles. The summed E-state index contributed by atoms with van der Waals surface area (Å²) in [5, 5.41) is 12.1. The molecule has 0 aromatic heterocycles. The highest BCUT2D eigenvalue weighted by molar-refractivity contribution is 4.92. The first kappa shape index (κ1) is 8.55. The van der Waals surface area contributed by atoms with Gasteiger partial charge in [-0.2, -0.15) is 5.26 Å². The van der Waals surface area contributed by atoms with Gasteiger partial charge in [-0.3, -0.25) is 0 Å². The minimum atomic E-state index is 0.323. The molecule has 2 heteroatoms. The average Bonchev–Trinajstić information content (AvgIpc) is 2.48. The normalized spacial score (nSPS) is 30.2. The summed E-state index contributed by atoms with van der Waals surface area (Å²) in [5.74, 6) is 0.323. The fraction of sp³-hybridized carbons (Fsp3) is 0.889. The largest absolute Gasteiger partial charge is 0.314 e. The zero-order chi connectivity index (χ0) is 8.10. The molecule has 0 amide bonds. The minimum Gasteiger partial charge on any atom is -0.314 e. The Morgan fingerprint density at radius 3 is 2.91 bits per heavy atom. The minimum absolute atomic E-state index is 0.323. The highest BCUT2D eigenvalue weighted by Crippen LogP contribution is 2.24. The molecular formula is C9H16N2. The third kappa shape index (κ3) is 2.51. The molecule has 0 aromatic carbocycles. The Labute approximate surface area is 68.6 Å². The van der Waals surface area contributed by atoms with Gasteiger partial charge in [-0.15, -0.1) is 0 Å². The van der Waals surface area contributed by atoms with Crippen LogP contribution in [0.15, 0.2) is 0 Å². The standard InChI is InChI=1S/C9H16N2/c1-2-5-11-9-4-3-8(6-9)7-10/h8-9,11H,2-6H2,1H3. The van der Waals surface area contributed by atoms with Gasteiger partial charge in [-0.25, -0.2) is 0 Å². The van der Waals surface area contributed by atoms with E-state index in [2.05, 4.69) is 18.3 Å². The first-order valence-corrected chi connectivity index (χ1v) is 4.49. The van der Waals surface area contributed by atoms with E-state index in [0.717, 1.165) is 19.4 Å². The summed E-state index contributed by atoms with van der Waals surface area (Å²) < 4.78 is 0. The number of rotatable bonds is 3. The molecule has 0 aliphatic heterocycles. The molecule has 0 heterocycles. The second-order valence-corrected chi connectivity index (χ2v) is 3.29. The summed E-state index contributed by atoms with van der Waals surface area (Å²) in [6, 6.07) is 2.95. The van der Waals surface area contributed by atoms with Gasteiger partial charge >= 0.3 is 0 Å². The molecule has 0 bridgehead atoms. The molecule has 2 atom stereocenters. The van der Waals surface area contributed by atoms with E-state index in [9.17, 15) is 0 Å². The fourth-order valence-corrected chi connectivity index (χ4v) is 1.63. The van der Waals surface area contributed by atoms with Crippen molar-refractivity contribution in [3.8, 4) is 6.07 Å². The van der Waals surface area contributed by atoms with Crippen LogP contribution in [0.1, 0.15) is 32.6 Å². The van der Waals surface area contributed by atoms with Crippen LogP contribution >= 0.6 is 0 Å². The number of hydrogen-bond acceptors (Lipinski definition) is 2. The van der Waals surface area contributed by atoms with Gasteiger partial charge in [0.2, 0.25) is 0 Å². The van der Waals surface area contributed by atoms with Gasteiger partial charge in [0, 0.05) is 12.0 Å². The van der Waals surface area contributed by atoms with Crippen molar-refractivity contribution in [3.05, 3.63) is 0 Å². The molecule has 1 fully saturated rings. The number of nitrogens with zero attached hydrogens (tertiary/aromatic N) is 1. The summed E-state index contributed by atoms with van der Waals surface area (Å²) in [5.41, 5.74) is 0. The third-order valence-corrected chi connectivity index (χ3v) is 2.30. The van der Waals surface area contributed by atoms with Crippen molar-refractivity contribution in [2.75, 3.05) is 6.54 Å². The van der Waals surface area contributed by atoms with E-state index in [-0.39, 0.29) is 0 Å².